The first kappa shape index (κ1) is 12.6. The zero-order valence-electron chi connectivity index (χ0n) is 10.0. The van der Waals surface area contributed by atoms with Gasteiger partial charge in [0.15, 0.2) is 0 Å². The van der Waals surface area contributed by atoms with Crippen LogP contribution in [-0.2, 0) is 0 Å². The Hall–Kier alpha value is -1.87. The van der Waals surface area contributed by atoms with Crippen molar-refractivity contribution in [2.75, 3.05) is 7.11 Å². The number of aliphatic hydroxyl groups excluding tert-OH is 1. The molecule has 0 heterocycles. The summed E-state index contributed by atoms with van der Waals surface area (Å²) >= 11 is 0. The number of ether oxygens (including phenoxy) is 1. The van der Waals surface area contributed by atoms with Crippen LogP contribution in [0.25, 0.3) is 11.1 Å². The van der Waals surface area contributed by atoms with Gasteiger partial charge >= 0.3 is 0 Å². The molecule has 2 aromatic carbocycles. The highest BCUT2D eigenvalue weighted by Crippen LogP contribution is 2.28. The number of hydrogen-bond donors (Lipinski definition) is 1. The van der Waals surface area contributed by atoms with Crippen molar-refractivity contribution >= 4 is 0 Å². The molecule has 0 aliphatic rings. The Morgan fingerprint density at radius 3 is 2.44 bits per heavy atom. The van der Waals surface area contributed by atoms with E-state index in [0.717, 1.165) is 17.5 Å². The fraction of sp³-hybridized carbons (Fsp3) is 0.133. The van der Waals surface area contributed by atoms with Gasteiger partial charge in [-0.25, -0.2) is 4.39 Å². The molecule has 93 valence electrons. The number of methoxy groups -OCH3 is 1. The second kappa shape index (κ2) is 5.65. The summed E-state index contributed by atoms with van der Waals surface area (Å²) in [5.74, 6) is 0.535. The van der Waals surface area contributed by atoms with Gasteiger partial charge in [-0.2, -0.15) is 0 Å². The molecule has 2 aromatic rings. The minimum absolute atomic E-state index is 0.534. The maximum Gasteiger partial charge on any atom is 0.204 e. The Morgan fingerprint density at radius 2 is 1.83 bits per heavy atom. The Morgan fingerprint density at radius 1 is 1.11 bits per heavy atom. The van der Waals surface area contributed by atoms with E-state index >= 15 is 0 Å². The van der Waals surface area contributed by atoms with E-state index in [-0.39, 0.29) is 0 Å². The summed E-state index contributed by atoms with van der Waals surface area (Å²) in [5.41, 5.74) is 2.58. The van der Waals surface area contributed by atoms with Gasteiger partial charge in [0, 0.05) is 5.56 Å². The van der Waals surface area contributed by atoms with Gasteiger partial charge in [0.2, 0.25) is 6.36 Å². The highest BCUT2D eigenvalue weighted by atomic mass is 19.1. The zero-order valence-corrected chi connectivity index (χ0v) is 10.0. The molecule has 18 heavy (non-hydrogen) atoms. The minimum atomic E-state index is -1.98. The number of benzene rings is 2. The van der Waals surface area contributed by atoms with E-state index in [0.29, 0.717) is 11.3 Å². The van der Waals surface area contributed by atoms with Crippen molar-refractivity contribution in [3.05, 3.63) is 60.5 Å². The smallest absolute Gasteiger partial charge is 0.204 e. The number of aliphatic hydroxyl groups is 1. The quantitative estimate of drug-likeness (QED) is 0.896. The molecular formula is C15H14FO2. The molecule has 0 fully saturated rings. The topological polar surface area (TPSA) is 29.5 Å². The summed E-state index contributed by atoms with van der Waals surface area (Å²) in [6, 6.07) is 15.2. The Labute approximate surface area is 106 Å². The maximum absolute atomic E-state index is 12.6. The lowest BCUT2D eigenvalue weighted by molar-refractivity contribution is 0.0756. The predicted octanol–water partition coefficient (Wildman–Crippen LogP) is 3.20. The molecule has 2 rings (SSSR count). The Kier molecular flexibility index (Phi) is 3.95. The fourth-order valence-electron chi connectivity index (χ4n) is 1.81. The standard InChI is InChI=1S/C15H14FO2/c1-18-14-9-12(11-5-3-2-4-6-11)7-8-13(14)10-15(16)17/h2-10,15,17H,1H3. The van der Waals surface area contributed by atoms with Crippen molar-refractivity contribution in [2.45, 2.75) is 6.36 Å². The van der Waals surface area contributed by atoms with E-state index in [1.165, 1.54) is 7.11 Å². The van der Waals surface area contributed by atoms with Crippen LogP contribution in [0.1, 0.15) is 5.56 Å². The SMILES string of the molecule is COc1cc(-c2ccccc2)ccc1[CH]C(O)F. The summed E-state index contributed by atoms with van der Waals surface area (Å²) in [5, 5.41) is 8.73. The lowest BCUT2D eigenvalue weighted by atomic mass is 10.0. The van der Waals surface area contributed by atoms with Gasteiger partial charge in [0.05, 0.1) is 13.5 Å². The number of hydrogen-bond acceptors (Lipinski definition) is 2. The largest absolute Gasteiger partial charge is 0.496 e. The first-order chi connectivity index (χ1) is 8.70. The second-order valence-electron chi connectivity index (χ2n) is 3.86. The highest BCUT2D eigenvalue weighted by Gasteiger charge is 2.10. The minimum Gasteiger partial charge on any atom is -0.496 e. The van der Waals surface area contributed by atoms with Crippen LogP contribution in [0.2, 0.25) is 0 Å². The molecule has 1 radical (unpaired) electrons. The lowest BCUT2D eigenvalue weighted by Gasteiger charge is -2.11. The van der Waals surface area contributed by atoms with E-state index in [2.05, 4.69) is 0 Å². The van der Waals surface area contributed by atoms with Crippen molar-refractivity contribution < 1.29 is 14.2 Å². The van der Waals surface area contributed by atoms with E-state index in [1.54, 1.807) is 6.07 Å². The van der Waals surface area contributed by atoms with Gasteiger partial charge in [0.25, 0.3) is 0 Å². The third kappa shape index (κ3) is 2.87. The number of rotatable bonds is 4. The van der Waals surface area contributed by atoms with Crippen LogP contribution >= 0.6 is 0 Å². The van der Waals surface area contributed by atoms with Crippen molar-refractivity contribution in [2.24, 2.45) is 0 Å². The van der Waals surface area contributed by atoms with Crippen molar-refractivity contribution in [3.8, 4) is 16.9 Å². The first-order valence-corrected chi connectivity index (χ1v) is 5.61. The molecular weight excluding hydrogens is 231 g/mol. The molecule has 0 saturated carbocycles. The van der Waals surface area contributed by atoms with Crippen LogP contribution < -0.4 is 4.74 Å². The number of halogens is 1. The Bertz CT molecular complexity index is 509. The van der Waals surface area contributed by atoms with Gasteiger partial charge in [0.1, 0.15) is 5.75 Å². The van der Waals surface area contributed by atoms with Gasteiger partial charge in [-0.05, 0) is 17.2 Å². The maximum atomic E-state index is 12.6. The van der Waals surface area contributed by atoms with Crippen molar-refractivity contribution in [1.82, 2.24) is 0 Å². The molecule has 0 amide bonds. The van der Waals surface area contributed by atoms with E-state index in [4.69, 9.17) is 9.84 Å². The average Bonchev–Trinajstić information content (AvgIpc) is 2.39. The van der Waals surface area contributed by atoms with Crippen molar-refractivity contribution in [1.29, 1.82) is 0 Å². The summed E-state index contributed by atoms with van der Waals surface area (Å²) in [4.78, 5) is 0. The normalized spacial score (nSPS) is 12.2. The lowest BCUT2D eigenvalue weighted by Crippen LogP contribution is -2.01. The molecule has 2 nitrogen and oxygen atoms in total. The van der Waals surface area contributed by atoms with Gasteiger partial charge in [-0.1, -0.05) is 42.5 Å². The highest BCUT2D eigenvalue weighted by molar-refractivity contribution is 5.66. The van der Waals surface area contributed by atoms with Crippen LogP contribution in [0.4, 0.5) is 4.39 Å². The predicted molar refractivity (Wildman–Crippen MR) is 68.9 cm³/mol. The molecule has 3 heteroatoms. The second-order valence-corrected chi connectivity index (χ2v) is 3.86. The van der Waals surface area contributed by atoms with E-state index in [9.17, 15) is 4.39 Å². The van der Waals surface area contributed by atoms with Gasteiger partial charge < -0.3 is 9.84 Å². The zero-order chi connectivity index (χ0) is 13.0. The molecule has 0 aliphatic carbocycles. The number of alkyl halides is 1. The van der Waals surface area contributed by atoms with E-state index < -0.39 is 6.36 Å². The van der Waals surface area contributed by atoms with E-state index in [1.807, 2.05) is 42.5 Å². The third-order valence-electron chi connectivity index (χ3n) is 2.66. The van der Waals surface area contributed by atoms with Crippen LogP contribution in [-0.4, -0.2) is 18.6 Å². The molecule has 1 unspecified atom stereocenters. The van der Waals surface area contributed by atoms with Gasteiger partial charge in [-0.15, -0.1) is 0 Å². The molecule has 0 spiro atoms. The van der Waals surface area contributed by atoms with Gasteiger partial charge in [-0.3, -0.25) is 0 Å². The molecule has 0 saturated heterocycles. The third-order valence-corrected chi connectivity index (χ3v) is 2.66. The first-order valence-electron chi connectivity index (χ1n) is 5.61. The average molecular weight is 245 g/mol. The van der Waals surface area contributed by atoms with Crippen LogP contribution in [0.15, 0.2) is 48.5 Å². The van der Waals surface area contributed by atoms with Crippen LogP contribution in [0, 0.1) is 6.42 Å². The molecule has 0 aliphatic heterocycles. The summed E-state index contributed by atoms with van der Waals surface area (Å²) in [6.07, 6.45) is -0.880. The monoisotopic (exact) mass is 245 g/mol. The summed E-state index contributed by atoms with van der Waals surface area (Å²) in [6.45, 7) is 0. The molecule has 0 aromatic heterocycles. The Balaban J connectivity index is 2.36. The molecule has 1 N–H and O–H groups in total. The molecule has 0 bridgehead atoms. The van der Waals surface area contributed by atoms with Crippen molar-refractivity contribution in [3.63, 3.8) is 0 Å². The molecule has 1 atom stereocenters. The summed E-state index contributed by atoms with van der Waals surface area (Å²) in [7, 11) is 1.52. The van der Waals surface area contributed by atoms with Crippen LogP contribution in [0.3, 0.4) is 0 Å². The summed E-state index contributed by atoms with van der Waals surface area (Å²) < 4.78 is 17.8. The fourth-order valence-corrected chi connectivity index (χ4v) is 1.81. The van der Waals surface area contributed by atoms with Crippen LogP contribution in [0.5, 0.6) is 5.75 Å².